The Balaban J connectivity index is 1.48. The van der Waals surface area contributed by atoms with Crippen LogP contribution in [0.4, 0.5) is 19.0 Å². The molecule has 1 aromatic heterocycles. The van der Waals surface area contributed by atoms with Crippen LogP contribution in [-0.2, 0) is 6.18 Å². The van der Waals surface area contributed by atoms with Crippen molar-refractivity contribution in [1.29, 1.82) is 0 Å². The van der Waals surface area contributed by atoms with Crippen LogP contribution in [-0.4, -0.2) is 47.0 Å². The highest BCUT2D eigenvalue weighted by Gasteiger charge is 2.36. The van der Waals surface area contributed by atoms with Crippen LogP contribution in [0.5, 0.6) is 0 Å². The van der Waals surface area contributed by atoms with E-state index >= 15 is 0 Å². The molecule has 8 heteroatoms. The van der Waals surface area contributed by atoms with Crippen molar-refractivity contribution in [2.45, 2.75) is 13.1 Å². The van der Waals surface area contributed by atoms with Gasteiger partial charge in [0.1, 0.15) is 12.1 Å². The largest absolute Gasteiger partial charge is 0.417 e. The van der Waals surface area contributed by atoms with Gasteiger partial charge in [-0.3, -0.25) is 4.79 Å². The number of hydrogen-bond acceptors (Lipinski definition) is 4. The van der Waals surface area contributed by atoms with E-state index in [4.69, 9.17) is 0 Å². The first-order valence-electron chi connectivity index (χ1n) is 9.92. The van der Waals surface area contributed by atoms with Gasteiger partial charge in [0, 0.05) is 37.8 Å². The van der Waals surface area contributed by atoms with Gasteiger partial charge in [-0.1, -0.05) is 35.9 Å². The van der Waals surface area contributed by atoms with Gasteiger partial charge in [-0.2, -0.15) is 13.2 Å². The fourth-order valence-corrected chi connectivity index (χ4v) is 3.71. The number of piperazine rings is 1. The highest BCUT2D eigenvalue weighted by molar-refractivity contribution is 5.96. The topological polar surface area (TPSA) is 49.3 Å². The molecule has 0 unspecified atom stereocenters. The molecule has 3 aromatic rings. The lowest BCUT2D eigenvalue weighted by atomic mass is 10.1. The van der Waals surface area contributed by atoms with Crippen LogP contribution in [0.1, 0.15) is 21.5 Å². The molecule has 1 aliphatic rings. The Morgan fingerprint density at radius 3 is 2.39 bits per heavy atom. The molecule has 1 amide bonds. The van der Waals surface area contributed by atoms with E-state index in [1.807, 2.05) is 42.2 Å². The predicted octanol–water partition coefficient (Wildman–Crippen LogP) is 4.43. The molecule has 1 fully saturated rings. The Morgan fingerprint density at radius 2 is 1.68 bits per heavy atom. The number of rotatable bonds is 3. The molecule has 0 N–H and O–H groups in total. The molecular formula is C23H21F3N4O. The summed E-state index contributed by atoms with van der Waals surface area (Å²) in [6.07, 6.45) is -3.06. The molecule has 0 aliphatic carbocycles. The molecule has 0 radical (unpaired) electrons. The average molecular weight is 426 g/mol. The summed E-state index contributed by atoms with van der Waals surface area (Å²) in [5, 5.41) is 0. The van der Waals surface area contributed by atoms with E-state index in [9.17, 15) is 18.0 Å². The lowest BCUT2D eigenvalue weighted by Gasteiger charge is -2.35. The summed E-state index contributed by atoms with van der Waals surface area (Å²) in [7, 11) is 0. The van der Waals surface area contributed by atoms with Crippen molar-refractivity contribution in [3.63, 3.8) is 0 Å². The Kier molecular flexibility index (Phi) is 5.63. The SMILES string of the molecule is Cc1cccc(-c2cc(N3CCN(C(=O)c4ccccc4C(F)(F)F)CC3)ncn2)c1. The number of aryl methyl sites for hydroxylation is 1. The normalized spacial score (nSPS) is 14.6. The fourth-order valence-electron chi connectivity index (χ4n) is 3.71. The quantitative estimate of drug-likeness (QED) is 0.622. The molecule has 4 rings (SSSR count). The Morgan fingerprint density at radius 1 is 0.935 bits per heavy atom. The smallest absolute Gasteiger partial charge is 0.353 e. The van der Waals surface area contributed by atoms with Gasteiger partial charge in [0.25, 0.3) is 5.91 Å². The monoisotopic (exact) mass is 426 g/mol. The summed E-state index contributed by atoms with van der Waals surface area (Å²) < 4.78 is 39.8. The first kappa shape index (κ1) is 20.8. The van der Waals surface area contributed by atoms with Crippen molar-refractivity contribution < 1.29 is 18.0 Å². The van der Waals surface area contributed by atoms with E-state index in [1.165, 1.54) is 29.4 Å². The number of aromatic nitrogens is 2. The van der Waals surface area contributed by atoms with Crippen molar-refractivity contribution in [1.82, 2.24) is 14.9 Å². The Bertz CT molecular complexity index is 1090. The number of hydrogen-bond donors (Lipinski definition) is 0. The minimum absolute atomic E-state index is 0.313. The number of carbonyl (C=O) groups excluding carboxylic acids is 1. The molecule has 0 saturated carbocycles. The molecular weight excluding hydrogens is 405 g/mol. The molecule has 0 spiro atoms. The Labute approximate surface area is 178 Å². The molecule has 1 aliphatic heterocycles. The van der Waals surface area contributed by atoms with E-state index in [0.717, 1.165) is 28.7 Å². The van der Waals surface area contributed by atoms with Gasteiger partial charge in [-0.05, 0) is 25.1 Å². The number of benzene rings is 2. The summed E-state index contributed by atoms with van der Waals surface area (Å²) in [6, 6.07) is 14.8. The van der Waals surface area contributed by atoms with Crippen LogP contribution in [0.15, 0.2) is 60.9 Å². The number of alkyl halides is 3. The second-order valence-electron chi connectivity index (χ2n) is 7.45. The van der Waals surface area contributed by atoms with E-state index in [0.29, 0.717) is 26.2 Å². The highest BCUT2D eigenvalue weighted by atomic mass is 19.4. The third kappa shape index (κ3) is 4.52. The van der Waals surface area contributed by atoms with E-state index in [1.54, 1.807) is 0 Å². The molecule has 2 heterocycles. The van der Waals surface area contributed by atoms with Crippen LogP contribution in [0.3, 0.4) is 0 Å². The molecule has 1 saturated heterocycles. The summed E-state index contributed by atoms with van der Waals surface area (Å²) in [5.74, 6) is 0.130. The Hall–Kier alpha value is -3.42. The lowest BCUT2D eigenvalue weighted by Crippen LogP contribution is -2.49. The van der Waals surface area contributed by atoms with Gasteiger partial charge in [0.15, 0.2) is 0 Å². The number of amides is 1. The van der Waals surface area contributed by atoms with Crippen LogP contribution in [0, 0.1) is 6.92 Å². The maximum atomic E-state index is 13.3. The van der Waals surface area contributed by atoms with E-state index < -0.39 is 17.6 Å². The first-order chi connectivity index (χ1) is 14.8. The summed E-state index contributed by atoms with van der Waals surface area (Å²) in [6.45, 7) is 3.59. The molecule has 160 valence electrons. The number of nitrogens with zero attached hydrogens (tertiary/aromatic N) is 4. The standard InChI is InChI=1S/C23H21F3N4O/c1-16-5-4-6-17(13-16)20-14-21(28-15-27-20)29-9-11-30(12-10-29)22(31)18-7-2-3-8-19(18)23(24,25)26/h2-8,13-15H,9-12H2,1H3. The molecule has 5 nitrogen and oxygen atoms in total. The van der Waals surface area contributed by atoms with Crippen molar-refractivity contribution >= 4 is 11.7 Å². The van der Waals surface area contributed by atoms with Crippen molar-refractivity contribution in [2.75, 3.05) is 31.1 Å². The molecule has 2 aromatic carbocycles. The zero-order chi connectivity index (χ0) is 22.0. The number of halogens is 3. The summed E-state index contributed by atoms with van der Waals surface area (Å²) in [4.78, 5) is 24.9. The molecule has 31 heavy (non-hydrogen) atoms. The van der Waals surface area contributed by atoms with Gasteiger partial charge in [0.2, 0.25) is 0 Å². The minimum Gasteiger partial charge on any atom is -0.353 e. The van der Waals surface area contributed by atoms with Gasteiger partial charge < -0.3 is 9.80 Å². The van der Waals surface area contributed by atoms with Gasteiger partial charge in [0.05, 0.1) is 16.8 Å². The van der Waals surface area contributed by atoms with Gasteiger partial charge in [-0.25, -0.2) is 9.97 Å². The third-order valence-corrected chi connectivity index (χ3v) is 5.32. The summed E-state index contributed by atoms with van der Waals surface area (Å²) in [5.41, 5.74) is 1.70. The number of carbonyl (C=O) groups is 1. The maximum Gasteiger partial charge on any atom is 0.417 e. The van der Waals surface area contributed by atoms with Crippen molar-refractivity contribution in [3.05, 3.63) is 77.6 Å². The highest BCUT2D eigenvalue weighted by Crippen LogP contribution is 2.32. The fraction of sp³-hybridized carbons (Fsp3) is 0.261. The van der Waals surface area contributed by atoms with E-state index in [2.05, 4.69) is 9.97 Å². The second kappa shape index (κ2) is 8.37. The molecule has 0 atom stereocenters. The van der Waals surface area contributed by atoms with Gasteiger partial charge in [-0.15, -0.1) is 0 Å². The average Bonchev–Trinajstić information content (AvgIpc) is 2.78. The number of anilines is 1. The lowest BCUT2D eigenvalue weighted by molar-refractivity contribution is -0.138. The van der Waals surface area contributed by atoms with Crippen molar-refractivity contribution in [3.8, 4) is 11.3 Å². The van der Waals surface area contributed by atoms with Gasteiger partial charge >= 0.3 is 6.18 Å². The van der Waals surface area contributed by atoms with Crippen molar-refractivity contribution in [2.24, 2.45) is 0 Å². The summed E-state index contributed by atoms with van der Waals surface area (Å²) >= 11 is 0. The van der Waals surface area contributed by atoms with Crippen LogP contribution < -0.4 is 4.90 Å². The first-order valence-corrected chi connectivity index (χ1v) is 9.92. The zero-order valence-electron chi connectivity index (χ0n) is 16.9. The van der Waals surface area contributed by atoms with Crippen LogP contribution in [0.2, 0.25) is 0 Å². The zero-order valence-corrected chi connectivity index (χ0v) is 16.9. The maximum absolute atomic E-state index is 13.3. The third-order valence-electron chi connectivity index (χ3n) is 5.32. The second-order valence-corrected chi connectivity index (χ2v) is 7.45. The van der Waals surface area contributed by atoms with Crippen LogP contribution >= 0.6 is 0 Å². The van der Waals surface area contributed by atoms with E-state index in [-0.39, 0.29) is 5.56 Å². The molecule has 0 bridgehead atoms. The minimum atomic E-state index is -4.57. The predicted molar refractivity (Wildman–Crippen MR) is 112 cm³/mol. The van der Waals surface area contributed by atoms with Crippen LogP contribution in [0.25, 0.3) is 11.3 Å².